The molecule has 0 radical (unpaired) electrons. The molecule has 0 saturated heterocycles. The van der Waals surface area contributed by atoms with Crippen LogP contribution in [0.25, 0.3) is 0 Å². The Morgan fingerprint density at radius 1 is 0.462 bits per heavy atom. The van der Waals surface area contributed by atoms with Crippen LogP contribution >= 0.6 is 0 Å². The molecule has 0 aliphatic heterocycles. The number of hydrogen-bond donors (Lipinski definition) is 0. The topological polar surface area (TPSA) is 190 Å². The molecule has 0 atom stereocenters. The minimum absolute atomic E-state index is 0. The van der Waals surface area contributed by atoms with Gasteiger partial charge in [-0.2, -0.15) is 0 Å². The molecule has 0 aromatic heterocycles. The van der Waals surface area contributed by atoms with Crippen LogP contribution in [0.4, 0.5) is 0 Å². The van der Waals surface area contributed by atoms with E-state index in [1.807, 2.05) is 0 Å². The number of rotatable bonds is 0. The minimum Gasteiger partial charge on any atom is -0.512 e. The van der Waals surface area contributed by atoms with E-state index in [1.54, 1.807) is 0 Å². The Morgan fingerprint density at radius 2 is 0.462 bits per heavy atom. The second-order valence-corrected chi connectivity index (χ2v) is 0. The second kappa shape index (κ2) is 78300. The van der Waals surface area contributed by atoms with Gasteiger partial charge in [-0.05, 0) is 0 Å². The molecule has 0 unspecified atom stereocenters. The molecule has 0 amide bonds. The molecule has 0 spiro atoms. The molecule has 0 heterocycles. The first-order valence-electron chi connectivity index (χ1n) is 0.894. The minimum atomic E-state index is 0. The Kier molecular flexibility index (Phi) is 681000. The maximum absolute atomic E-state index is 6.25. The van der Waals surface area contributed by atoms with E-state index < -0.39 is 0 Å². The summed E-state index contributed by atoms with van der Waals surface area (Å²) in [4.78, 5) is 0. The van der Waals surface area contributed by atoms with Gasteiger partial charge < -0.3 is 63.8 Å². The first-order valence-corrected chi connectivity index (χ1v) is 0.894. The molecule has 13 heavy (non-hydrogen) atoms. The van der Waals surface area contributed by atoms with Gasteiger partial charge in [0, 0.05) is 20.4 Å². The zero-order valence-electron chi connectivity index (χ0n) is 6.61. The third-order valence-corrected chi connectivity index (χ3v) is 0. The monoisotopic (exact) mass is 303 g/mol. The standard InChI is InChI=1S/4CN.K.3H2O.Pd/c4*1-2;;;;;/h;;;;;3*1H2;/q4*-1;+1;;;;. The second-order valence-electron chi connectivity index (χ2n) is 0. The maximum atomic E-state index is 6.25. The van der Waals surface area contributed by atoms with Crippen molar-refractivity contribution in [2.75, 3.05) is 0 Å². The summed E-state index contributed by atoms with van der Waals surface area (Å²) < 4.78 is 0. The van der Waals surface area contributed by atoms with Crippen molar-refractivity contribution in [2.45, 2.75) is 0 Å². The van der Waals surface area contributed by atoms with E-state index in [-0.39, 0.29) is 88.2 Å². The van der Waals surface area contributed by atoms with Crippen molar-refractivity contribution in [1.29, 1.82) is 21.0 Å². The van der Waals surface area contributed by atoms with Gasteiger partial charge in [-0.25, -0.2) is 0 Å². The van der Waals surface area contributed by atoms with Crippen molar-refractivity contribution in [3.63, 3.8) is 0 Å². The van der Waals surface area contributed by atoms with Gasteiger partial charge >= 0.3 is 51.4 Å². The van der Waals surface area contributed by atoms with Crippen LogP contribution in [0, 0.1) is 47.3 Å². The van der Waals surface area contributed by atoms with Gasteiger partial charge in [0.1, 0.15) is 0 Å². The molecule has 0 aromatic rings. The molecule has 74 valence electrons. The normalized spacial score (nSPS) is 0.615. The zero-order chi connectivity index (χ0) is 8.00. The summed E-state index contributed by atoms with van der Waals surface area (Å²) in [5, 5.41) is 25.0. The zero-order valence-corrected chi connectivity index (χ0v) is 11.3. The summed E-state index contributed by atoms with van der Waals surface area (Å²) in [6.45, 7) is 19.0. The van der Waals surface area contributed by atoms with Crippen molar-refractivity contribution in [2.24, 2.45) is 0 Å². The summed E-state index contributed by atoms with van der Waals surface area (Å²) >= 11 is 0. The van der Waals surface area contributed by atoms with E-state index in [0.29, 0.717) is 0 Å². The Morgan fingerprint density at radius 3 is 0.462 bits per heavy atom. The first-order chi connectivity index (χ1) is 4.00. The molecule has 0 aromatic carbocycles. The van der Waals surface area contributed by atoms with Crippen LogP contribution in [0.3, 0.4) is 0 Å². The molecular weight excluding hydrogens is 298 g/mol. The molecule has 0 fully saturated rings. The van der Waals surface area contributed by atoms with Gasteiger partial charge in [0.25, 0.3) is 0 Å². The third kappa shape index (κ3) is 64900. The van der Waals surface area contributed by atoms with Gasteiger partial charge in [-0.1, -0.05) is 0 Å². The van der Waals surface area contributed by atoms with Crippen molar-refractivity contribution in [1.82, 2.24) is 0 Å². The fourth-order valence-corrected chi connectivity index (χ4v) is 0. The molecule has 0 aliphatic rings. The van der Waals surface area contributed by atoms with Crippen molar-refractivity contribution in [3.8, 4) is 0 Å². The molecule has 0 bridgehead atoms. The van der Waals surface area contributed by atoms with Gasteiger partial charge in [0.05, 0.1) is 0 Å². The summed E-state index contributed by atoms with van der Waals surface area (Å²) in [5.41, 5.74) is 0. The molecular formula is C4H6KN4O3Pd-3. The van der Waals surface area contributed by atoms with Crippen LogP contribution < -0.4 is 51.4 Å². The van der Waals surface area contributed by atoms with Crippen molar-refractivity contribution >= 4 is 0 Å². The van der Waals surface area contributed by atoms with E-state index in [0.717, 1.165) is 0 Å². The quantitative estimate of drug-likeness (QED) is 0.319. The summed E-state index contributed by atoms with van der Waals surface area (Å²) in [6, 6.07) is 0. The van der Waals surface area contributed by atoms with Gasteiger partial charge in [-0.15, -0.1) is 0 Å². The molecule has 7 nitrogen and oxygen atoms in total. The van der Waals surface area contributed by atoms with E-state index in [2.05, 4.69) is 0 Å². The van der Waals surface area contributed by atoms with E-state index in [1.165, 1.54) is 0 Å². The predicted molar refractivity (Wildman–Crippen MR) is 30.7 cm³/mol. The molecule has 0 rings (SSSR count). The van der Waals surface area contributed by atoms with Gasteiger partial charge in [0.2, 0.25) is 0 Å². The largest absolute Gasteiger partial charge is 1.00 e. The summed E-state index contributed by atoms with van der Waals surface area (Å²) in [6.07, 6.45) is 0. The summed E-state index contributed by atoms with van der Waals surface area (Å²) in [7, 11) is 0. The average Bonchev–Trinajstić information content (AvgIpc) is 2.03. The van der Waals surface area contributed by atoms with E-state index in [4.69, 9.17) is 47.3 Å². The molecule has 9 heteroatoms. The van der Waals surface area contributed by atoms with Crippen LogP contribution in [0.1, 0.15) is 0 Å². The van der Waals surface area contributed by atoms with Crippen LogP contribution in [0.5, 0.6) is 0 Å². The third-order valence-electron chi connectivity index (χ3n) is 0. The molecule has 0 aliphatic carbocycles. The predicted octanol–water partition coefficient (Wildman–Crippen LogP) is -5.09. The van der Waals surface area contributed by atoms with Crippen molar-refractivity contribution < 1.29 is 88.2 Å². The van der Waals surface area contributed by atoms with E-state index in [9.17, 15) is 0 Å². The Balaban J connectivity index is -0.00000000208. The molecule has 0 saturated carbocycles. The van der Waals surface area contributed by atoms with Crippen LogP contribution in [-0.2, 0) is 20.4 Å². The van der Waals surface area contributed by atoms with Crippen molar-refractivity contribution in [3.05, 3.63) is 26.3 Å². The van der Waals surface area contributed by atoms with Crippen LogP contribution in [0.2, 0.25) is 0 Å². The summed E-state index contributed by atoms with van der Waals surface area (Å²) in [5.74, 6) is 0. The maximum Gasteiger partial charge on any atom is 1.00 e. The molecule has 6 N–H and O–H groups in total. The fraction of sp³-hybridized carbons (Fsp3) is 0. The SMILES string of the molecule is O.O.O.[C-]#N.[C-]#N.[C-]#N.[C-]#N.[K+].[Pd]. The van der Waals surface area contributed by atoms with E-state index >= 15 is 0 Å². The first kappa shape index (κ1) is 113. The fourth-order valence-electron chi connectivity index (χ4n) is 0. The Bertz CT molecular complexity index is 70.4. The average molecular weight is 304 g/mol. The Hall–Kier alpha value is 0.139. The van der Waals surface area contributed by atoms with Crippen LogP contribution in [-0.4, -0.2) is 16.4 Å². The van der Waals surface area contributed by atoms with Gasteiger partial charge in [-0.3, -0.25) is 0 Å². The number of nitrogens with zero attached hydrogens (tertiary/aromatic N) is 4. The van der Waals surface area contributed by atoms with Crippen LogP contribution in [0.15, 0.2) is 0 Å². The Labute approximate surface area is 134 Å². The smallest absolute Gasteiger partial charge is 0.512 e. The van der Waals surface area contributed by atoms with Gasteiger partial charge in [0.15, 0.2) is 0 Å². The number of hydrogen-bond acceptors (Lipinski definition) is 4.